The molecule has 0 radical (unpaired) electrons. The molecular weight excluding hydrogens is 272 g/mol. The van der Waals surface area contributed by atoms with Gasteiger partial charge in [0.25, 0.3) is 5.91 Å². The zero-order chi connectivity index (χ0) is 15.4. The van der Waals surface area contributed by atoms with Gasteiger partial charge in [-0.25, -0.2) is 4.68 Å². The topological polar surface area (TPSA) is 140 Å². The number of carbonyl (C=O) groups excluding carboxylic acids is 1. The van der Waals surface area contributed by atoms with Gasteiger partial charge in [0.1, 0.15) is 5.56 Å². The number of nitrogens with one attached hydrogen (secondary N) is 1. The van der Waals surface area contributed by atoms with Crippen LogP contribution in [0, 0.1) is 0 Å². The smallest absolute Gasteiger partial charge is 0.254 e. The SMILES string of the molecule is CCCCc1[nH]nc(N)c1N=Nc1c(C(N)=O)cnn1C. The highest BCUT2D eigenvalue weighted by molar-refractivity contribution is 5.96. The largest absolute Gasteiger partial charge is 0.380 e. The van der Waals surface area contributed by atoms with Crippen molar-refractivity contribution in [2.24, 2.45) is 23.0 Å². The molecule has 2 heterocycles. The number of nitrogen functional groups attached to an aromatic ring is 1. The lowest BCUT2D eigenvalue weighted by Crippen LogP contribution is -2.10. The number of aromatic nitrogens is 4. The average molecular weight is 290 g/mol. The Morgan fingerprint density at radius 1 is 1.48 bits per heavy atom. The van der Waals surface area contributed by atoms with Gasteiger partial charge in [0.15, 0.2) is 17.3 Å². The summed E-state index contributed by atoms with van der Waals surface area (Å²) < 4.78 is 1.42. The Bertz CT molecular complexity index is 669. The second-order valence-electron chi connectivity index (χ2n) is 4.61. The summed E-state index contributed by atoms with van der Waals surface area (Å²) >= 11 is 0. The number of azo groups is 1. The number of anilines is 1. The molecule has 2 rings (SSSR count). The quantitative estimate of drug-likeness (QED) is 0.694. The lowest BCUT2D eigenvalue weighted by atomic mass is 10.2. The molecule has 0 aliphatic carbocycles. The molecule has 21 heavy (non-hydrogen) atoms. The second kappa shape index (κ2) is 6.16. The fourth-order valence-corrected chi connectivity index (χ4v) is 1.85. The molecule has 0 saturated carbocycles. The number of nitrogens with two attached hydrogens (primary N) is 2. The lowest BCUT2D eigenvalue weighted by molar-refractivity contribution is 0.100. The summed E-state index contributed by atoms with van der Waals surface area (Å²) in [6.45, 7) is 2.09. The third kappa shape index (κ3) is 3.07. The standard InChI is InChI=1S/C12H18N8O/c1-3-4-5-8-9(10(13)18-16-8)17-19-12-7(11(14)21)6-15-20(12)2/h6H,3-5H2,1-2H3,(H2,14,21)(H3,13,16,18). The van der Waals surface area contributed by atoms with Crippen molar-refractivity contribution in [1.82, 2.24) is 20.0 Å². The van der Waals surface area contributed by atoms with Gasteiger partial charge in [0.2, 0.25) is 0 Å². The molecule has 0 bridgehead atoms. The van der Waals surface area contributed by atoms with Crippen LogP contribution in [-0.2, 0) is 13.5 Å². The number of hydrogen-bond acceptors (Lipinski definition) is 6. The van der Waals surface area contributed by atoms with Crippen molar-refractivity contribution in [2.75, 3.05) is 5.73 Å². The van der Waals surface area contributed by atoms with E-state index in [0.717, 1.165) is 25.0 Å². The molecule has 112 valence electrons. The molecule has 0 aliphatic rings. The van der Waals surface area contributed by atoms with E-state index >= 15 is 0 Å². The van der Waals surface area contributed by atoms with Gasteiger partial charge in [-0.15, -0.1) is 10.2 Å². The first-order valence-electron chi connectivity index (χ1n) is 6.60. The summed E-state index contributed by atoms with van der Waals surface area (Å²) in [5, 5.41) is 18.9. The van der Waals surface area contributed by atoms with Crippen LogP contribution in [0.15, 0.2) is 16.4 Å². The molecular formula is C12H18N8O. The van der Waals surface area contributed by atoms with Crippen LogP contribution >= 0.6 is 0 Å². The molecule has 0 aliphatic heterocycles. The number of aromatic amines is 1. The van der Waals surface area contributed by atoms with Crippen molar-refractivity contribution < 1.29 is 4.79 Å². The number of carbonyl (C=O) groups is 1. The zero-order valence-electron chi connectivity index (χ0n) is 12.0. The van der Waals surface area contributed by atoms with Crippen LogP contribution in [-0.4, -0.2) is 25.9 Å². The molecule has 5 N–H and O–H groups in total. The first-order valence-corrected chi connectivity index (χ1v) is 6.60. The van der Waals surface area contributed by atoms with Crippen LogP contribution in [0.25, 0.3) is 0 Å². The van der Waals surface area contributed by atoms with Crippen molar-refractivity contribution >= 4 is 23.2 Å². The number of hydrogen-bond donors (Lipinski definition) is 3. The molecule has 0 fully saturated rings. The number of H-pyrrole nitrogens is 1. The maximum Gasteiger partial charge on any atom is 0.254 e. The summed E-state index contributed by atoms with van der Waals surface area (Å²) in [6.07, 6.45) is 4.17. The first kappa shape index (κ1) is 14.7. The normalized spacial score (nSPS) is 11.3. The molecule has 2 aromatic heterocycles. The minimum absolute atomic E-state index is 0.207. The van der Waals surface area contributed by atoms with Crippen LogP contribution in [0.5, 0.6) is 0 Å². The maximum absolute atomic E-state index is 11.3. The number of aryl methyl sites for hydroxylation is 2. The minimum atomic E-state index is -0.608. The predicted octanol–water partition coefficient (Wildman–Crippen LogP) is 1.58. The molecule has 0 unspecified atom stereocenters. The number of amides is 1. The lowest BCUT2D eigenvalue weighted by Gasteiger charge is -1.98. The van der Waals surface area contributed by atoms with Gasteiger partial charge >= 0.3 is 0 Å². The van der Waals surface area contributed by atoms with Gasteiger partial charge in [-0.3, -0.25) is 9.89 Å². The summed E-state index contributed by atoms with van der Waals surface area (Å²) in [5.74, 6) is -0.0550. The fraction of sp³-hybridized carbons (Fsp3) is 0.417. The number of primary amides is 1. The monoisotopic (exact) mass is 290 g/mol. The van der Waals surface area contributed by atoms with Gasteiger partial charge in [-0.2, -0.15) is 10.2 Å². The fourth-order valence-electron chi connectivity index (χ4n) is 1.85. The summed E-state index contributed by atoms with van der Waals surface area (Å²) in [6, 6.07) is 0. The summed E-state index contributed by atoms with van der Waals surface area (Å²) in [5.41, 5.74) is 12.6. The highest BCUT2D eigenvalue weighted by Crippen LogP contribution is 2.28. The first-order chi connectivity index (χ1) is 10.0. The van der Waals surface area contributed by atoms with Crippen molar-refractivity contribution in [1.29, 1.82) is 0 Å². The number of unbranched alkanes of at least 4 members (excludes halogenated alkanes) is 1. The highest BCUT2D eigenvalue weighted by Gasteiger charge is 2.14. The Morgan fingerprint density at radius 2 is 2.24 bits per heavy atom. The van der Waals surface area contributed by atoms with Crippen LogP contribution < -0.4 is 11.5 Å². The number of rotatable bonds is 6. The van der Waals surface area contributed by atoms with Gasteiger partial charge in [0, 0.05) is 7.05 Å². The van der Waals surface area contributed by atoms with Gasteiger partial charge < -0.3 is 11.5 Å². The average Bonchev–Trinajstić information content (AvgIpc) is 2.98. The van der Waals surface area contributed by atoms with E-state index in [0.29, 0.717) is 5.69 Å². The van der Waals surface area contributed by atoms with Crippen molar-refractivity contribution in [3.8, 4) is 0 Å². The molecule has 9 nitrogen and oxygen atoms in total. The Labute approximate surface area is 121 Å². The van der Waals surface area contributed by atoms with Crippen LogP contribution in [0.1, 0.15) is 35.8 Å². The second-order valence-corrected chi connectivity index (χ2v) is 4.61. The molecule has 0 spiro atoms. The van der Waals surface area contributed by atoms with Gasteiger partial charge in [0.05, 0.1) is 11.9 Å². The van der Waals surface area contributed by atoms with E-state index in [4.69, 9.17) is 11.5 Å². The molecule has 0 aromatic carbocycles. The van der Waals surface area contributed by atoms with Gasteiger partial charge in [-0.1, -0.05) is 13.3 Å². The van der Waals surface area contributed by atoms with Crippen LogP contribution in [0.3, 0.4) is 0 Å². The Kier molecular flexibility index (Phi) is 4.31. The highest BCUT2D eigenvalue weighted by atomic mass is 16.1. The molecule has 9 heteroatoms. The van der Waals surface area contributed by atoms with E-state index in [1.165, 1.54) is 10.9 Å². The van der Waals surface area contributed by atoms with Crippen LogP contribution in [0.2, 0.25) is 0 Å². The number of nitrogens with zero attached hydrogens (tertiary/aromatic N) is 5. The molecule has 0 saturated heterocycles. The van der Waals surface area contributed by atoms with E-state index in [2.05, 4.69) is 32.4 Å². The zero-order valence-corrected chi connectivity index (χ0v) is 12.0. The van der Waals surface area contributed by atoms with E-state index in [-0.39, 0.29) is 17.2 Å². The molecule has 2 aromatic rings. The summed E-state index contributed by atoms with van der Waals surface area (Å²) in [7, 11) is 1.65. The van der Waals surface area contributed by atoms with E-state index in [1.807, 2.05) is 0 Å². The maximum atomic E-state index is 11.3. The molecule has 0 atom stereocenters. The van der Waals surface area contributed by atoms with Crippen LogP contribution in [0.4, 0.5) is 17.3 Å². The van der Waals surface area contributed by atoms with Crippen molar-refractivity contribution in [3.63, 3.8) is 0 Å². The third-order valence-electron chi connectivity index (χ3n) is 3.04. The van der Waals surface area contributed by atoms with Crippen molar-refractivity contribution in [3.05, 3.63) is 17.5 Å². The summed E-state index contributed by atoms with van der Waals surface area (Å²) in [4.78, 5) is 11.3. The minimum Gasteiger partial charge on any atom is -0.380 e. The Morgan fingerprint density at radius 3 is 2.90 bits per heavy atom. The Balaban J connectivity index is 2.32. The van der Waals surface area contributed by atoms with E-state index < -0.39 is 5.91 Å². The molecule has 1 amide bonds. The third-order valence-corrected chi connectivity index (χ3v) is 3.04. The van der Waals surface area contributed by atoms with Crippen molar-refractivity contribution in [2.45, 2.75) is 26.2 Å². The van der Waals surface area contributed by atoms with E-state index in [9.17, 15) is 4.79 Å². The van der Waals surface area contributed by atoms with Gasteiger partial charge in [-0.05, 0) is 12.8 Å². The predicted molar refractivity (Wildman–Crippen MR) is 77.5 cm³/mol. The van der Waals surface area contributed by atoms with E-state index in [1.54, 1.807) is 7.05 Å². The Hall–Kier alpha value is -2.71.